The van der Waals surface area contributed by atoms with Gasteiger partial charge in [-0.25, -0.2) is 9.78 Å². The molecule has 0 spiro atoms. The average Bonchev–Trinajstić information content (AvgIpc) is 2.70. The maximum Gasteiger partial charge on any atom is 0.332 e. The molecular weight excluding hydrogens is 378 g/mol. The number of carbonyl (C=O) groups is 2. The number of ether oxygens (including phenoxy) is 1. The van der Waals surface area contributed by atoms with E-state index in [9.17, 15) is 19.2 Å². The fraction of sp³-hybridized carbons (Fsp3) is 0.211. The number of amides is 2. The zero-order valence-corrected chi connectivity index (χ0v) is 16.1. The lowest BCUT2D eigenvalue weighted by Crippen LogP contribution is -2.37. The van der Waals surface area contributed by atoms with Gasteiger partial charge < -0.3 is 15.4 Å². The third-order valence-corrected chi connectivity index (χ3v) is 4.21. The number of rotatable bonds is 5. The Morgan fingerprint density at radius 3 is 2.41 bits per heavy atom. The maximum atomic E-state index is 12.6. The summed E-state index contributed by atoms with van der Waals surface area (Å²) in [5, 5.41) is 5.54. The van der Waals surface area contributed by atoms with Crippen LogP contribution in [-0.4, -0.2) is 39.6 Å². The number of aryl methyl sites for hydroxylation is 1. The third kappa shape index (κ3) is 4.06. The van der Waals surface area contributed by atoms with Crippen molar-refractivity contribution in [1.29, 1.82) is 0 Å². The predicted molar refractivity (Wildman–Crippen MR) is 107 cm³/mol. The van der Waals surface area contributed by atoms with Crippen molar-refractivity contribution >= 4 is 34.2 Å². The number of methoxy groups -OCH3 is 1. The highest BCUT2D eigenvalue weighted by molar-refractivity contribution is 6.04. The number of pyridine rings is 1. The Morgan fingerprint density at radius 2 is 1.72 bits per heavy atom. The summed E-state index contributed by atoms with van der Waals surface area (Å²) < 4.78 is 6.95. The van der Waals surface area contributed by atoms with Crippen molar-refractivity contribution in [2.75, 3.05) is 24.4 Å². The molecule has 1 aromatic carbocycles. The van der Waals surface area contributed by atoms with Crippen LogP contribution in [0.1, 0.15) is 10.5 Å². The maximum absolute atomic E-state index is 12.6. The summed E-state index contributed by atoms with van der Waals surface area (Å²) in [5.41, 5.74) is 0.0576. The predicted octanol–water partition coefficient (Wildman–Crippen LogP) is 0.469. The second kappa shape index (κ2) is 8.07. The number of carbonyl (C=O) groups excluding carboxylic acids is 2. The van der Waals surface area contributed by atoms with E-state index in [1.165, 1.54) is 37.9 Å². The zero-order chi connectivity index (χ0) is 21.1. The van der Waals surface area contributed by atoms with E-state index in [4.69, 9.17) is 4.74 Å². The van der Waals surface area contributed by atoms with Gasteiger partial charge in [-0.2, -0.15) is 0 Å². The van der Waals surface area contributed by atoms with Gasteiger partial charge in [0, 0.05) is 32.6 Å². The number of nitrogens with one attached hydrogen (secondary N) is 2. The van der Waals surface area contributed by atoms with E-state index >= 15 is 0 Å². The first kappa shape index (κ1) is 20.0. The molecule has 2 amide bonds. The van der Waals surface area contributed by atoms with Gasteiger partial charge in [0.2, 0.25) is 5.91 Å². The first-order valence-electron chi connectivity index (χ1n) is 8.59. The Morgan fingerprint density at radius 1 is 1.03 bits per heavy atom. The third-order valence-electron chi connectivity index (χ3n) is 4.21. The van der Waals surface area contributed by atoms with Crippen LogP contribution in [0.25, 0.3) is 11.0 Å². The largest absolute Gasteiger partial charge is 0.375 e. The van der Waals surface area contributed by atoms with Crippen LogP contribution in [0, 0.1) is 0 Å². The van der Waals surface area contributed by atoms with Crippen molar-refractivity contribution in [1.82, 2.24) is 14.1 Å². The van der Waals surface area contributed by atoms with Crippen LogP contribution in [0.4, 0.5) is 11.4 Å². The Labute approximate surface area is 164 Å². The lowest BCUT2D eigenvalue weighted by molar-refractivity contribution is -0.119. The molecule has 10 heteroatoms. The van der Waals surface area contributed by atoms with Gasteiger partial charge in [-0.3, -0.25) is 23.5 Å². The van der Waals surface area contributed by atoms with Crippen LogP contribution in [-0.2, 0) is 23.6 Å². The van der Waals surface area contributed by atoms with Crippen LogP contribution in [0.2, 0.25) is 0 Å². The summed E-state index contributed by atoms with van der Waals surface area (Å²) in [7, 11) is 4.27. The fourth-order valence-electron chi connectivity index (χ4n) is 2.78. The van der Waals surface area contributed by atoms with Gasteiger partial charge in [0.25, 0.3) is 11.5 Å². The Hall–Kier alpha value is -3.79. The number of hydrogen-bond donors (Lipinski definition) is 2. The van der Waals surface area contributed by atoms with E-state index in [0.717, 1.165) is 4.57 Å². The molecule has 0 atom stereocenters. The minimum atomic E-state index is -0.535. The molecule has 2 heterocycles. The van der Waals surface area contributed by atoms with Crippen molar-refractivity contribution in [3.8, 4) is 0 Å². The van der Waals surface area contributed by atoms with E-state index in [2.05, 4.69) is 15.6 Å². The highest BCUT2D eigenvalue weighted by atomic mass is 16.5. The Balaban J connectivity index is 1.88. The Kier molecular flexibility index (Phi) is 5.55. The molecule has 0 aliphatic carbocycles. The average molecular weight is 397 g/mol. The summed E-state index contributed by atoms with van der Waals surface area (Å²) in [6.07, 6.45) is 0. The first-order valence-corrected chi connectivity index (χ1v) is 8.59. The van der Waals surface area contributed by atoms with Crippen LogP contribution in [0.5, 0.6) is 0 Å². The fourth-order valence-corrected chi connectivity index (χ4v) is 2.78. The topological polar surface area (TPSA) is 124 Å². The summed E-state index contributed by atoms with van der Waals surface area (Å²) >= 11 is 0. The second-order valence-corrected chi connectivity index (χ2v) is 6.29. The molecular formula is C19H19N5O5. The number of anilines is 2. The molecule has 10 nitrogen and oxygen atoms in total. The monoisotopic (exact) mass is 397 g/mol. The minimum Gasteiger partial charge on any atom is -0.375 e. The summed E-state index contributed by atoms with van der Waals surface area (Å²) in [5.74, 6) is -0.852. The molecule has 0 bridgehead atoms. The highest BCUT2D eigenvalue weighted by Crippen LogP contribution is 2.16. The molecule has 0 radical (unpaired) electrons. The Bertz CT molecular complexity index is 1230. The van der Waals surface area contributed by atoms with Gasteiger partial charge >= 0.3 is 5.69 Å². The standard InChI is InChI=1S/C19H19N5O5/c1-23-16-13(18(27)24(2)19(23)28)7-8-14(22-16)17(26)21-12-6-4-5-11(9-12)20-15(25)10-29-3/h4-9H,10H2,1-3H3,(H,20,25)(H,21,26). The van der Waals surface area contributed by atoms with Gasteiger partial charge in [0.1, 0.15) is 17.9 Å². The van der Waals surface area contributed by atoms with E-state index in [1.807, 2.05) is 0 Å². The molecule has 2 aromatic heterocycles. The first-order chi connectivity index (χ1) is 13.8. The van der Waals surface area contributed by atoms with Crippen molar-refractivity contribution < 1.29 is 14.3 Å². The van der Waals surface area contributed by atoms with Crippen molar-refractivity contribution in [2.45, 2.75) is 0 Å². The number of nitrogens with zero attached hydrogens (tertiary/aromatic N) is 3. The normalized spacial score (nSPS) is 10.7. The zero-order valence-electron chi connectivity index (χ0n) is 16.1. The molecule has 3 rings (SSSR count). The number of aromatic nitrogens is 3. The van der Waals surface area contributed by atoms with Gasteiger partial charge in [-0.15, -0.1) is 0 Å². The molecule has 150 valence electrons. The molecule has 0 fully saturated rings. The molecule has 0 saturated heterocycles. The van der Waals surface area contributed by atoms with E-state index < -0.39 is 17.2 Å². The number of benzene rings is 1. The molecule has 0 aliphatic heterocycles. The minimum absolute atomic E-state index is 0.0366. The molecule has 0 saturated carbocycles. The summed E-state index contributed by atoms with van der Waals surface area (Å²) in [6, 6.07) is 9.44. The molecule has 3 aromatic rings. The van der Waals surface area contributed by atoms with Gasteiger partial charge in [0.05, 0.1) is 5.39 Å². The summed E-state index contributed by atoms with van der Waals surface area (Å²) in [4.78, 5) is 52.7. The molecule has 2 N–H and O–H groups in total. The van der Waals surface area contributed by atoms with Gasteiger partial charge in [-0.05, 0) is 30.3 Å². The molecule has 29 heavy (non-hydrogen) atoms. The van der Waals surface area contributed by atoms with E-state index in [1.54, 1.807) is 24.3 Å². The lowest BCUT2D eigenvalue weighted by Gasteiger charge is -2.10. The smallest absolute Gasteiger partial charge is 0.332 e. The van der Waals surface area contributed by atoms with Crippen molar-refractivity contribution in [3.63, 3.8) is 0 Å². The molecule has 0 unspecified atom stereocenters. The van der Waals surface area contributed by atoms with Crippen molar-refractivity contribution in [2.24, 2.45) is 14.1 Å². The molecule has 0 aliphatic rings. The number of fused-ring (bicyclic) bond motifs is 1. The quantitative estimate of drug-likeness (QED) is 0.645. The van der Waals surface area contributed by atoms with Crippen LogP contribution in [0.3, 0.4) is 0 Å². The summed E-state index contributed by atoms with van der Waals surface area (Å²) in [6.45, 7) is -0.0875. The van der Waals surface area contributed by atoms with Crippen LogP contribution in [0.15, 0.2) is 46.0 Å². The van der Waals surface area contributed by atoms with Gasteiger partial charge in [-0.1, -0.05) is 6.07 Å². The SMILES string of the molecule is COCC(=O)Nc1cccc(NC(=O)c2ccc3c(=O)n(C)c(=O)n(C)c3n2)c1. The van der Waals surface area contributed by atoms with E-state index in [0.29, 0.717) is 11.4 Å². The van der Waals surface area contributed by atoms with Crippen LogP contribution < -0.4 is 21.9 Å². The van der Waals surface area contributed by atoms with Gasteiger partial charge in [0.15, 0.2) is 0 Å². The van der Waals surface area contributed by atoms with Crippen molar-refractivity contribution in [3.05, 3.63) is 62.9 Å². The highest BCUT2D eigenvalue weighted by Gasteiger charge is 2.14. The second-order valence-electron chi connectivity index (χ2n) is 6.29. The van der Waals surface area contributed by atoms with E-state index in [-0.39, 0.29) is 29.2 Å². The van der Waals surface area contributed by atoms with Crippen LogP contribution >= 0.6 is 0 Å². The number of hydrogen-bond acceptors (Lipinski definition) is 6. The lowest BCUT2D eigenvalue weighted by atomic mass is 10.2.